The zero-order valence-electron chi connectivity index (χ0n) is 21.3. The Balaban J connectivity index is 1.22. The number of hydroxylamine groups is 1. The average Bonchev–Trinajstić information content (AvgIpc) is 3.45. The van der Waals surface area contributed by atoms with E-state index in [1.165, 1.54) is 16.1 Å². The Morgan fingerprint density at radius 1 is 0.974 bits per heavy atom. The highest BCUT2D eigenvalue weighted by atomic mass is 32.2. The van der Waals surface area contributed by atoms with Gasteiger partial charge in [-0.15, -0.1) is 0 Å². The van der Waals surface area contributed by atoms with E-state index in [2.05, 4.69) is 46.1 Å². The van der Waals surface area contributed by atoms with Crippen LogP contribution >= 0.6 is 11.3 Å². The molecule has 2 aliphatic heterocycles. The molecule has 1 aromatic heterocycles. The highest BCUT2D eigenvalue weighted by Crippen LogP contribution is 2.27. The van der Waals surface area contributed by atoms with Gasteiger partial charge in [-0.2, -0.15) is 4.31 Å². The minimum absolute atomic E-state index is 0.277. The SMILES string of the molecule is CN1CCN(Cc2cccc(-c3ccc(S(=O)(=O)N4CCN(c5ncc(C(=O)NO)s5)CC4)cc3)c2)CC1. The van der Waals surface area contributed by atoms with Gasteiger partial charge in [-0.05, 0) is 41.9 Å². The number of anilines is 1. The van der Waals surface area contributed by atoms with E-state index in [0.29, 0.717) is 36.2 Å². The molecule has 0 spiro atoms. The van der Waals surface area contributed by atoms with Crippen LogP contribution in [0, 0.1) is 0 Å². The Hall–Kier alpha value is -2.87. The maximum absolute atomic E-state index is 13.3. The van der Waals surface area contributed by atoms with Crippen molar-refractivity contribution in [2.24, 2.45) is 0 Å². The number of sulfonamides is 1. The number of likely N-dealkylation sites (N-methyl/N-ethyl adjacent to an activating group) is 1. The first-order valence-electron chi connectivity index (χ1n) is 12.6. The second-order valence-corrected chi connectivity index (χ2v) is 12.6. The topological polar surface area (TPSA) is 109 Å². The number of piperazine rings is 2. The van der Waals surface area contributed by atoms with Gasteiger partial charge in [0.2, 0.25) is 10.0 Å². The van der Waals surface area contributed by atoms with Gasteiger partial charge in [-0.3, -0.25) is 14.9 Å². The Labute approximate surface area is 227 Å². The Morgan fingerprint density at radius 2 is 1.68 bits per heavy atom. The number of hydrogen-bond donors (Lipinski definition) is 2. The van der Waals surface area contributed by atoms with Crippen LogP contribution in [-0.2, 0) is 16.6 Å². The second kappa shape index (κ2) is 11.5. The molecule has 38 heavy (non-hydrogen) atoms. The summed E-state index contributed by atoms with van der Waals surface area (Å²) in [6.45, 7) is 6.77. The van der Waals surface area contributed by atoms with E-state index in [1.54, 1.807) is 17.6 Å². The smallest absolute Gasteiger partial charge is 0.286 e. The van der Waals surface area contributed by atoms with Crippen LogP contribution in [0.4, 0.5) is 5.13 Å². The fourth-order valence-electron chi connectivity index (χ4n) is 4.77. The van der Waals surface area contributed by atoms with Crippen molar-refractivity contribution in [1.82, 2.24) is 24.6 Å². The third kappa shape index (κ3) is 5.90. The Bertz CT molecular complexity index is 1360. The van der Waals surface area contributed by atoms with Crippen molar-refractivity contribution >= 4 is 32.4 Å². The average molecular weight is 557 g/mol. The van der Waals surface area contributed by atoms with Gasteiger partial charge in [0.25, 0.3) is 5.91 Å². The molecular weight excluding hydrogens is 524 g/mol. The fraction of sp³-hybridized carbons (Fsp3) is 0.385. The zero-order chi connectivity index (χ0) is 26.7. The Morgan fingerprint density at radius 3 is 2.37 bits per heavy atom. The summed E-state index contributed by atoms with van der Waals surface area (Å²) in [5.74, 6) is -0.611. The molecule has 1 amide bonds. The number of nitrogens with one attached hydrogen (secondary N) is 1. The summed E-state index contributed by atoms with van der Waals surface area (Å²) in [7, 11) is -1.47. The normalized spacial score (nSPS) is 18.0. The van der Waals surface area contributed by atoms with E-state index in [1.807, 2.05) is 17.0 Å². The van der Waals surface area contributed by atoms with Gasteiger partial charge in [-0.1, -0.05) is 41.7 Å². The summed E-state index contributed by atoms with van der Waals surface area (Å²) >= 11 is 1.16. The molecular formula is C26H32N6O4S2. The Kier molecular flexibility index (Phi) is 8.07. The van der Waals surface area contributed by atoms with Crippen molar-refractivity contribution in [2.45, 2.75) is 11.4 Å². The number of carbonyl (C=O) groups excluding carboxylic acids is 1. The molecule has 12 heteroatoms. The lowest BCUT2D eigenvalue weighted by molar-refractivity contribution is 0.0710. The molecule has 0 saturated carbocycles. The maximum Gasteiger partial charge on any atom is 0.286 e. The number of nitrogens with zero attached hydrogens (tertiary/aromatic N) is 5. The fourth-order valence-corrected chi connectivity index (χ4v) is 7.05. The summed E-state index contributed by atoms with van der Waals surface area (Å²) in [6, 6.07) is 15.6. The summed E-state index contributed by atoms with van der Waals surface area (Å²) in [5, 5.41) is 9.42. The van der Waals surface area contributed by atoms with Crippen LogP contribution in [0.3, 0.4) is 0 Å². The van der Waals surface area contributed by atoms with E-state index >= 15 is 0 Å². The first-order valence-corrected chi connectivity index (χ1v) is 14.8. The van der Waals surface area contributed by atoms with Crippen LogP contribution in [0.25, 0.3) is 11.1 Å². The van der Waals surface area contributed by atoms with Crippen LogP contribution in [0.1, 0.15) is 15.2 Å². The van der Waals surface area contributed by atoms with Crippen LogP contribution in [0.15, 0.2) is 59.6 Å². The molecule has 202 valence electrons. The molecule has 2 N–H and O–H groups in total. The van der Waals surface area contributed by atoms with Crippen molar-refractivity contribution in [1.29, 1.82) is 0 Å². The summed E-state index contributed by atoms with van der Waals surface area (Å²) < 4.78 is 28.1. The molecule has 2 saturated heterocycles. The predicted molar refractivity (Wildman–Crippen MR) is 147 cm³/mol. The maximum atomic E-state index is 13.3. The van der Waals surface area contributed by atoms with Crippen LogP contribution in [0.5, 0.6) is 0 Å². The highest BCUT2D eigenvalue weighted by molar-refractivity contribution is 7.89. The van der Waals surface area contributed by atoms with Gasteiger partial charge in [0, 0.05) is 58.9 Å². The van der Waals surface area contributed by atoms with E-state index < -0.39 is 15.9 Å². The third-order valence-electron chi connectivity index (χ3n) is 7.08. The highest BCUT2D eigenvalue weighted by Gasteiger charge is 2.29. The van der Waals surface area contributed by atoms with E-state index in [9.17, 15) is 13.2 Å². The van der Waals surface area contributed by atoms with Crippen LogP contribution < -0.4 is 10.4 Å². The molecule has 0 radical (unpaired) electrons. The van der Waals surface area contributed by atoms with E-state index in [4.69, 9.17) is 5.21 Å². The van der Waals surface area contributed by atoms with Crippen molar-refractivity contribution in [3.63, 3.8) is 0 Å². The van der Waals surface area contributed by atoms with E-state index in [-0.39, 0.29) is 4.90 Å². The second-order valence-electron chi connectivity index (χ2n) is 9.64. The number of benzene rings is 2. The molecule has 3 aromatic rings. The lowest BCUT2D eigenvalue weighted by Gasteiger charge is -2.33. The molecule has 0 bridgehead atoms. The molecule has 0 aliphatic carbocycles. The van der Waals surface area contributed by atoms with Crippen LogP contribution in [0.2, 0.25) is 0 Å². The number of hydrogen-bond acceptors (Lipinski definition) is 9. The largest absolute Gasteiger partial charge is 0.345 e. The predicted octanol–water partition coefficient (Wildman–Crippen LogP) is 2.19. The van der Waals surface area contributed by atoms with Crippen molar-refractivity contribution in [2.75, 3.05) is 64.3 Å². The van der Waals surface area contributed by atoms with Gasteiger partial charge < -0.3 is 9.80 Å². The molecule has 2 aliphatic rings. The number of rotatable bonds is 7. The molecule has 0 atom stereocenters. The lowest BCUT2D eigenvalue weighted by atomic mass is 10.0. The minimum atomic E-state index is -3.63. The van der Waals surface area contributed by atoms with Crippen molar-refractivity contribution in [3.05, 3.63) is 65.2 Å². The molecule has 0 unspecified atom stereocenters. The summed E-state index contributed by atoms with van der Waals surface area (Å²) in [4.78, 5) is 23.1. The van der Waals surface area contributed by atoms with Crippen LogP contribution in [-0.4, -0.2) is 98.0 Å². The first kappa shape index (κ1) is 26.7. The molecule has 2 aromatic carbocycles. The van der Waals surface area contributed by atoms with Gasteiger partial charge >= 0.3 is 0 Å². The molecule has 10 nitrogen and oxygen atoms in total. The third-order valence-corrected chi connectivity index (χ3v) is 10.1. The summed E-state index contributed by atoms with van der Waals surface area (Å²) in [6.07, 6.45) is 1.40. The lowest BCUT2D eigenvalue weighted by Crippen LogP contribution is -2.48. The molecule has 5 rings (SSSR count). The molecule has 2 fully saturated rings. The standard InChI is InChI=1S/C26H32N6O4S2/c1-29-9-11-30(12-10-29)19-20-3-2-4-22(17-20)21-5-7-23(8-6-21)38(35,36)32-15-13-31(14-16-32)26-27-18-24(37-26)25(33)28-34/h2-8,17-18,34H,9-16,19H2,1H3,(H,28,33). The first-order chi connectivity index (χ1) is 18.3. The number of thiazole rings is 1. The van der Waals surface area contributed by atoms with E-state index in [0.717, 1.165) is 55.2 Å². The van der Waals surface area contributed by atoms with Crippen molar-refractivity contribution < 1.29 is 18.4 Å². The summed E-state index contributed by atoms with van der Waals surface area (Å²) in [5.41, 5.74) is 4.92. The van der Waals surface area contributed by atoms with Gasteiger partial charge in [0.05, 0.1) is 11.1 Å². The number of carbonyl (C=O) groups is 1. The van der Waals surface area contributed by atoms with Crippen molar-refractivity contribution in [3.8, 4) is 11.1 Å². The van der Waals surface area contributed by atoms with Gasteiger partial charge in [0.15, 0.2) is 5.13 Å². The van der Waals surface area contributed by atoms with Gasteiger partial charge in [-0.25, -0.2) is 18.9 Å². The quantitative estimate of drug-likeness (QED) is 0.337. The van der Waals surface area contributed by atoms with Gasteiger partial charge in [0.1, 0.15) is 4.88 Å². The minimum Gasteiger partial charge on any atom is -0.345 e. The zero-order valence-corrected chi connectivity index (χ0v) is 22.9. The number of amides is 1. The monoisotopic (exact) mass is 556 g/mol. The molecule has 3 heterocycles. The number of aromatic nitrogens is 1.